The largest absolute Gasteiger partial charge is 0.373 e. The maximum absolute atomic E-state index is 6.43. The fourth-order valence-corrected chi connectivity index (χ4v) is 9.58. The number of hydrogen-bond donors (Lipinski definition) is 0. The molecular formula is C34H52O. The molecule has 0 bridgehead atoms. The van der Waals surface area contributed by atoms with Gasteiger partial charge in [-0.25, -0.2) is 0 Å². The maximum atomic E-state index is 6.43. The van der Waals surface area contributed by atoms with Gasteiger partial charge in [-0.15, -0.1) is 0 Å². The normalized spacial score (nSPS) is 39.5. The van der Waals surface area contributed by atoms with Crippen LogP contribution < -0.4 is 0 Å². The van der Waals surface area contributed by atoms with Crippen LogP contribution in [-0.4, -0.2) is 6.10 Å². The highest BCUT2D eigenvalue weighted by molar-refractivity contribution is 5.25. The van der Waals surface area contributed by atoms with Crippen molar-refractivity contribution in [2.75, 3.05) is 0 Å². The van der Waals surface area contributed by atoms with Crippen LogP contribution in [0.1, 0.15) is 111 Å². The Bertz CT molecular complexity index is 870. The first-order chi connectivity index (χ1) is 16.8. The van der Waals surface area contributed by atoms with Gasteiger partial charge in [-0.2, -0.15) is 0 Å². The van der Waals surface area contributed by atoms with Crippen LogP contribution in [-0.2, 0) is 11.3 Å². The van der Waals surface area contributed by atoms with Crippen molar-refractivity contribution in [1.82, 2.24) is 0 Å². The van der Waals surface area contributed by atoms with Crippen LogP contribution in [0.15, 0.2) is 42.0 Å². The first-order valence-corrected chi connectivity index (χ1v) is 15.2. The van der Waals surface area contributed by atoms with Crippen molar-refractivity contribution in [2.45, 2.75) is 118 Å². The molecule has 0 amide bonds. The van der Waals surface area contributed by atoms with E-state index >= 15 is 0 Å². The Kier molecular flexibility index (Phi) is 7.56. The van der Waals surface area contributed by atoms with Crippen LogP contribution in [0.5, 0.6) is 0 Å². The number of benzene rings is 1. The number of ether oxygens (including phenoxy) is 1. The number of fused-ring (bicyclic) bond motifs is 5. The molecule has 1 heteroatoms. The van der Waals surface area contributed by atoms with Crippen molar-refractivity contribution in [2.24, 2.45) is 46.3 Å². The third-order valence-corrected chi connectivity index (χ3v) is 11.6. The van der Waals surface area contributed by atoms with Crippen molar-refractivity contribution < 1.29 is 4.74 Å². The number of rotatable bonds is 8. The van der Waals surface area contributed by atoms with Gasteiger partial charge >= 0.3 is 0 Å². The average Bonchev–Trinajstić information content (AvgIpc) is 3.20. The zero-order chi connectivity index (χ0) is 24.6. The average molecular weight is 477 g/mol. The van der Waals surface area contributed by atoms with Gasteiger partial charge in [0.2, 0.25) is 0 Å². The highest BCUT2D eigenvalue weighted by Gasteiger charge is 2.59. The highest BCUT2D eigenvalue weighted by atomic mass is 16.5. The summed E-state index contributed by atoms with van der Waals surface area (Å²) in [6.07, 6.45) is 18.4. The molecule has 0 N–H and O–H groups in total. The van der Waals surface area contributed by atoms with Crippen LogP contribution in [0.2, 0.25) is 0 Å². The van der Waals surface area contributed by atoms with Gasteiger partial charge < -0.3 is 4.74 Å². The summed E-state index contributed by atoms with van der Waals surface area (Å²) in [5, 5.41) is 0. The summed E-state index contributed by atoms with van der Waals surface area (Å²) in [7, 11) is 0. The molecule has 0 spiro atoms. The lowest BCUT2D eigenvalue weighted by Crippen LogP contribution is -2.51. The molecular weight excluding hydrogens is 424 g/mol. The molecule has 4 aliphatic carbocycles. The van der Waals surface area contributed by atoms with E-state index in [1.165, 1.54) is 76.2 Å². The summed E-state index contributed by atoms with van der Waals surface area (Å²) in [5.41, 5.74) is 4.08. The van der Waals surface area contributed by atoms with E-state index in [-0.39, 0.29) is 0 Å². The highest BCUT2D eigenvalue weighted by Crippen LogP contribution is 2.67. The lowest BCUT2D eigenvalue weighted by Gasteiger charge is -2.58. The summed E-state index contributed by atoms with van der Waals surface area (Å²) in [4.78, 5) is 0. The number of hydrogen-bond acceptors (Lipinski definition) is 1. The Morgan fingerprint density at radius 3 is 2.49 bits per heavy atom. The minimum atomic E-state index is 0.405. The molecule has 35 heavy (non-hydrogen) atoms. The summed E-state index contributed by atoms with van der Waals surface area (Å²) >= 11 is 0. The zero-order valence-electron chi connectivity index (χ0n) is 23.4. The lowest BCUT2D eigenvalue weighted by atomic mass is 9.47. The molecule has 3 fully saturated rings. The minimum absolute atomic E-state index is 0.405. The van der Waals surface area contributed by atoms with Gasteiger partial charge in [0.25, 0.3) is 0 Å². The van der Waals surface area contributed by atoms with Gasteiger partial charge in [0, 0.05) is 0 Å². The van der Waals surface area contributed by atoms with Crippen molar-refractivity contribution in [3.8, 4) is 0 Å². The second kappa shape index (κ2) is 10.4. The Morgan fingerprint density at radius 2 is 1.71 bits per heavy atom. The minimum Gasteiger partial charge on any atom is -0.373 e. The van der Waals surface area contributed by atoms with Crippen molar-refractivity contribution >= 4 is 0 Å². The van der Waals surface area contributed by atoms with Gasteiger partial charge in [-0.05, 0) is 103 Å². The van der Waals surface area contributed by atoms with Gasteiger partial charge in [0.05, 0.1) is 12.7 Å². The smallest absolute Gasteiger partial charge is 0.0720 e. The van der Waals surface area contributed by atoms with Gasteiger partial charge in [0.1, 0.15) is 0 Å². The van der Waals surface area contributed by atoms with E-state index in [1.807, 2.05) is 0 Å². The summed E-state index contributed by atoms with van der Waals surface area (Å²) < 4.78 is 6.43. The maximum Gasteiger partial charge on any atom is 0.0720 e. The van der Waals surface area contributed by atoms with Gasteiger partial charge in [0.15, 0.2) is 0 Å². The molecule has 194 valence electrons. The van der Waals surface area contributed by atoms with Crippen molar-refractivity contribution in [3.63, 3.8) is 0 Å². The third-order valence-electron chi connectivity index (χ3n) is 11.6. The van der Waals surface area contributed by atoms with Crippen LogP contribution in [0.4, 0.5) is 0 Å². The van der Waals surface area contributed by atoms with Crippen LogP contribution in [0, 0.1) is 46.3 Å². The van der Waals surface area contributed by atoms with E-state index in [1.54, 1.807) is 5.57 Å². The molecule has 0 aromatic heterocycles. The quantitative estimate of drug-likeness (QED) is 0.339. The summed E-state index contributed by atoms with van der Waals surface area (Å²) in [6, 6.07) is 10.7. The molecule has 0 heterocycles. The van der Waals surface area contributed by atoms with E-state index in [9.17, 15) is 0 Å². The van der Waals surface area contributed by atoms with Crippen molar-refractivity contribution in [3.05, 3.63) is 47.5 Å². The van der Waals surface area contributed by atoms with E-state index in [4.69, 9.17) is 4.74 Å². The molecule has 8 atom stereocenters. The molecule has 5 rings (SSSR count). The fourth-order valence-electron chi connectivity index (χ4n) is 9.58. The Balaban J connectivity index is 1.24. The molecule has 4 aliphatic rings. The van der Waals surface area contributed by atoms with Crippen molar-refractivity contribution in [1.29, 1.82) is 0 Å². The van der Waals surface area contributed by atoms with Crippen LogP contribution in [0.3, 0.4) is 0 Å². The Morgan fingerprint density at radius 1 is 0.914 bits per heavy atom. The summed E-state index contributed by atoms with van der Waals surface area (Å²) in [5.74, 6) is 5.51. The molecule has 1 nitrogen and oxygen atoms in total. The van der Waals surface area contributed by atoms with E-state index < -0.39 is 0 Å². The predicted octanol–water partition coefficient (Wildman–Crippen LogP) is 9.61. The molecule has 5 unspecified atom stereocenters. The van der Waals surface area contributed by atoms with E-state index in [0.717, 1.165) is 42.1 Å². The first-order valence-electron chi connectivity index (χ1n) is 15.2. The predicted molar refractivity (Wildman–Crippen MR) is 148 cm³/mol. The Hall–Kier alpha value is -1.08. The molecule has 1 aromatic rings. The van der Waals surface area contributed by atoms with Crippen LogP contribution >= 0.6 is 0 Å². The molecule has 1 aromatic carbocycles. The second-order valence-corrected chi connectivity index (χ2v) is 14.0. The Labute approximate surface area is 216 Å². The zero-order valence-corrected chi connectivity index (χ0v) is 23.4. The molecule has 3 saturated carbocycles. The third kappa shape index (κ3) is 4.93. The number of allylic oxidation sites excluding steroid dienone is 1. The first kappa shape index (κ1) is 25.6. The summed E-state index contributed by atoms with van der Waals surface area (Å²) in [6.45, 7) is 13.5. The topological polar surface area (TPSA) is 9.23 Å². The van der Waals surface area contributed by atoms with Crippen LogP contribution in [0.25, 0.3) is 0 Å². The molecule has 0 saturated heterocycles. The van der Waals surface area contributed by atoms with Gasteiger partial charge in [-0.3, -0.25) is 0 Å². The lowest BCUT2D eigenvalue weighted by molar-refractivity contribution is -0.0656. The van der Waals surface area contributed by atoms with E-state index in [2.05, 4.69) is 71.0 Å². The molecule has 0 aliphatic heterocycles. The van der Waals surface area contributed by atoms with E-state index in [0.29, 0.717) is 16.9 Å². The second-order valence-electron chi connectivity index (χ2n) is 14.0. The SMILES string of the molecule is CC(C)CCCC(C)[C@H]1CCC2C3CC=C4CC(OCc5ccccc5)CC[C@]4(C)C3CC[C@@]21C. The monoisotopic (exact) mass is 476 g/mol. The molecule has 0 radical (unpaired) electrons. The van der Waals surface area contributed by atoms with Gasteiger partial charge in [-0.1, -0.05) is 95.9 Å². The standard InChI is InChI=1S/C34H52O/c1-24(2)10-9-11-25(3)30-16-17-31-29-15-14-27-22-28(35-23-26-12-7-6-8-13-26)18-20-33(27,4)32(29)19-21-34(30,31)5/h6-8,12-14,24-25,28-32H,9-11,15-23H2,1-5H3/t25?,28?,29?,30-,31?,32?,33+,34-/m1/s1. The fraction of sp³-hybridized carbons (Fsp3) is 0.765.